The van der Waals surface area contributed by atoms with E-state index in [-0.39, 0.29) is 30.9 Å². The van der Waals surface area contributed by atoms with E-state index in [4.69, 9.17) is 4.74 Å². The number of carbonyl (C=O) groups is 2. The molecule has 2 amide bonds. The number of hydrazine groups is 1. The topological polar surface area (TPSA) is 79.5 Å². The van der Waals surface area contributed by atoms with E-state index in [1.807, 2.05) is 19.1 Å². The van der Waals surface area contributed by atoms with Crippen LogP contribution in [0.5, 0.6) is 5.75 Å². The summed E-state index contributed by atoms with van der Waals surface area (Å²) in [4.78, 5) is 23.8. The number of aryl methyl sites for hydroxylation is 1. The van der Waals surface area contributed by atoms with E-state index in [0.29, 0.717) is 11.4 Å². The van der Waals surface area contributed by atoms with Crippen LogP contribution < -0.4 is 20.9 Å². The van der Waals surface area contributed by atoms with Crippen LogP contribution in [0.1, 0.15) is 37.7 Å². The van der Waals surface area contributed by atoms with E-state index in [1.165, 1.54) is 0 Å². The molecule has 8 heteroatoms. The third kappa shape index (κ3) is 6.64. The normalized spacial score (nSPS) is 14.0. The Labute approximate surface area is 170 Å². The molecule has 1 aliphatic rings. The molecule has 0 atom stereocenters. The van der Waals surface area contributed by atoms with Crippen molar-refractivity contribution in [2.24, 2.45) is 0 Å². The number of rotatable bonds is 8. The minimum Gasteiger partial charge on any atom is -0.483 e. The average molecular weight is 489 g/mol. The highest BCUT2D eigenvalue weighted by atomic mass is 79.9. The van der Waals surface area contributed by atoms with E-state index in [1.54, 1.807) is 0 Å². The van der Waals surface area contributed by atoms with Gasteiger partial charge in [-0.1, -0.05) is 35.4 Å². The standard InChI is InChI=1S/C18H23Br2N3O3/c1-11-7-16(15(20)9-14(11)19)26-10-18(25)23-22-12(2)8-17(24)21-13-5-3-4-6-13/h7,9,13,22H,2-6,8,10H2,1H3,(H,21,24)(H,23,25). The Balaban J connectivity index is 1.68. The van der Waals surface area contributed by atoms with Gasteiger partial charge in [0.1, 0.15) is 5.75 Å². The third-order valence-corrected chi connectivity index (χ3v) is 5.52. The lowest BCUT2D eigenvalue weighted by molar-refractivity contribution is -0.124. The second kappa shape index (κ2) is 9.97. The van der Waals surface area contributed by atoms with Crippen molar-refractivity contribution in [1.82, 2.24) is 16.2 Å². The minimum atomic E-state index is -0.366. The number of nitrogens with one attached hydrogen (secondary N) is 3. The van der Waals surface area contributed by atoms with Gasteiger partial charge in [0.25, 0.3) is 5.91 Å². The fraction of sp³-hybridized carbons (Fsp3) is 0.444. The van der Waals surface area contributed by atoms with Crippen LogP contribution >= 0.6 is 31.9 Å². The molecule has 0 unspecified atom stereocenters. The van der Waals surface area contributed by atoms with Crippen LogP contribution in [0, 0.1) is 6.92 Å². The van der Waals surface area contributed by atoms with Crippen LogP contribution in [0.4, 0.5) is 0 Å². The highest BCUT2D eigenvalue weighted by Gasteiger charge is 2.17. The zero-order valence-electron chi connectivity index (χ0n) is 14.7. The lowest BCUT2D eigenvalue weighted by atomic mass is 10.2. The van der Waals surface area contributed by atoms with Crippen molar-refractivity contribution in [3.05, 3.63) is 38.9 Å². The van der Waals surface area contributed by atoms with Crippen LogP contribution in [-0.4, -0.2) is 24.5 Å². The van der Waals surface area contributed by atoms with Gasteiger partial charge in [-0.25, -0.2) is 0 Å². The summed E-state index contributed by atoms with van der Waals surface area (Å²) in [6.07, 6.45) is 4.51. The molecular weight excluding hydrogens is 466 g/mol. The van der Waals surface area contributed by atoms with E-state index in [9.17, 15) is 9.59 Å². The van der Waals surface area contributed by atoms with Crippen molar-refractivity contribution in [1.29, 1.82) is 0 Å². The van der Waals surface area contributed by atoms with Crippen LogP contribution in [0.15, 0.2) is 33.4 Å². The lowest BCUT2D eigenvalue weighted by Crippen LogP contribution is -2.41. The van der Waals surface area contributed by atoms with Gasteiger partial charge in [-0.2, -0.15) is 0 Å². The summed E-state index contributed by atoms with van der Waals surface area (Å²) >= 11 is 6.83. The maximum absolute atomic E-state index is 11.9. The molecular formula is C18H23Br2N3O3. The molecule has 142 valence electrons. The minimum absolute atomic E-state index is 0.0887. The van der Waals surface area contributed by atoms with E-state index < -0.39 is 0 Å². The smallest absolute Gasteiger partial charge is 0.276 e. The quantitative estimate of drug-likeness (QED) is 0.489. The molecule has 0 radical (unpaired) electrons. The number of halogens is 2. The molecule has 6 nitrogen and oxygen atoms in total. The molecule has 2 rings (SSSR count). The van der Waals surface area contributed by atoms with E-state index in [2.05, 4.69) is 54.6 Å². The van der Waals surface area contributed by atoms with Gasteiger partial charge < -0.3 is 15.5 Å². The maximum atomic E-state index is 11.9. The largest absolute Gasteiger partial charge is 0.483 e. The molecule has 0 aromatic heterocycles. The molecule has 1 aromatic carbocycles. The van der Waals surface area contributed by atoms with Crippen LogP contribution in [0.2, 0.25) is 0 Å². The highest BCUT2D eigenvalue weighted by molar-refractivity contribution is 9.11. The highest BCUT2D eigenvalue weighted by Crippen LogP contribution is 2.31. The SMILES string of the molecule is C=C(CC(=O)NC1CCCC1)NNC(=O)COc1cc(C)c(Br)cc1Br. The summed E-state index contributed by atoms with van der Waals surface area (Å²) < 4.78 is 7.21. The summed E-state index contributed by atoms with van der Waals surface area (Å²) in [5, 5.41) is 2.97. The van der Waals surface area contributed by atoms with Crippen molar-refractivity contribution < 1.29 is 14.3 Å². The van der Waals surface area contributed by atoms with Gasteiger partial charge >= 0.3 is 0 Å². The number of benzene rings is 1. The van der Waals surface area contributed by atoms with Crippen LogP contribution in [-0.2, 0) is 9.59 Å². The Bertz CT molecular complexity index is 689. The van der Waals surface area contributed by atoms with Gasteiger partial charge in [0.15, 0.2) is 6.61 Å². The van der Waals surface area contributed by atoms with Crippen molar-refractivity contribution in [3.8, 4) is 5.75 Å². The van der Waals surface area contributed by atoms with E-state index in [0.717, 1.165) is 40.2 Å². The van der Waals surface area contributed by atoms with Crippen molar-refractivity contribution >= 4 is 43.7 Å². The molecule has 0 aliphatic heterocycles. The zero-order valence-corrected chi connectivity index (χ0v) is 17.8. The third-order valence-electron chi connectivity index (χ3n) is 4.04. The Kier molecular flexibility index (Phi) is 7.96. The Hall–Kier alpha value is -1.54. The first-order valence-electron chi connectivity index (χ1n) is 8.45. The van der Waals surface area contributed by atoms with Gasteiger partial charge in [0, 0.05) is 16.2 Å². The van der Waals surface area contributed by atoms with Crippen LogP contribution in [0.3, 0.4) is 0 Å². The predicted octanol–water partition coefficient (Wildman–Crippen LogP) is 3.48. The number of hydrogen-bond acceptors (Lipinski definition) is 4. The van der Waals surface area contributed by atoms with Gasteiger partial charge in [-0.3, -0.25) is 15.0 Å². The van der Waals surface area contributed by atoms with Crippen molar-refractivity contribution in [3.63, 3.8) is 0 Å². The second-order valence-electron chi connectivity index (χ2n) is 6.32. The Morgan fingerprint density at radius 2 is 1.85 bits per heavy atom. The van der Waals surface area contributed by atoms with Gasteiger partial charge in [-0.15, -0.1) is 0 Å². The summed E-state index contributed by atoms with van der Waals surface area (Å²) in [6.45, 7) is 5.53. The number of hydrogen-bond donors (Lipinski definition) is 3. The molecule has 3 N–H and O–H groups in total. The molecule has 1 aliphatic carbocycles. The monoisotopic (exact) mass is 487 g/mol. The first-order valence-corrected chi connectivity index (χ1v) is 10.0. The Morgan fingerprint density at radius 3 is 2.54 bits per heavy atom. The van der Waals surface area contributed by atoms with Gasteiger partial charge in [0.05, 0.1) is 10.9 Å². The second-order valence-corrected chi connectivity index (χ2v) is 8.03. The fourth-order valence-electron chi connectivity index (χ4n) is 2.67. The Morgan fingerprint density at radius 1 is 1.15 bits per heavy atom. The molecule has 0 bridgehead atoms. The summed E-state index contributed by atoms with van der Waals surface area (Å²) in [5.74, 6) is 0.125. The molecule has 1 fully saturated rings. The maximum Gasteiger partial charge on any atom is 0.276 e. The van der Waals surface area contributed by atoms with E-state index >= 15 is 0 Å². The van der Waals surface area contributed by atoms with Crippen molar-refractivity contribution in [2.45, 2.75) is 45.1 Å². The lowest BCUT2D eigenvalue weighted by Gasteiger charge is -2.15. The molecule has 26 heavy (non-hydrogen) atoms. The first kappa shape index (κ1) is 20.8. The zero-order chi connectivity index (χ0) is 19.1. The molecule has 1 aromatic rings. The molecule has 0 saturated heterocycles. The van der Waals surface area contributed by atoms with Crippen LogP contribution in [0.25, 0.3) is 0 Å². The predicted molar refractivity (Wildman–Crippen MR) is 108 cm³/mol. The number of carbonyl (C=O) groups excluding carboxylic acids is 2. The first-order chi connectivity index (χ1) is 12.3. The summed E-state index contributed by atoms with van der Waals surface area (Å²) in [6, 6.07) is 3.97. The molecule has 0 heterocycles. The van der Waals surface area contributed by atoms with Gasteiger partial charge in [-0.05, 0) is 53.4 Å². The summed E-state index contributed by atoms with van der Waals surface area (Å²) in [5.41, 5.74) is 6.56. The number of amides is 2. The fourth-order valence-corrected chi connectivity index (χ4v) is 3.77. The molecule has 1 saturated carbocycles. The average Bonchev–Trinajstić information content (AvgIpc) is 3.07. The number of ether oxygens (including phenoxy) is 1. The van der Waals surface area contributed by atoms with Crippen molar-refractivity contribution in [2.75, 3.05) is 6.61 Å². The molecule has 0 spiro atoms. The summed E-state index contributed by atoms with van der Waals surface area (Å²) in [7, 11) is 0. The van der Waals surface area contributed by atoms with Gasteiger partial charge in [0.2, 0.25) is 5.91 Å².